The third-order valence-corrected chi connectivity index (χ3v) is 3.67. The number of carbonyl (C=O) groups excluding carboxylic acids is 1. The summed E-state index contributed by atoms with van der Waals surface area (Å²) in [6.07, 6.45) is 4.17. The second kappa shape index (κ2) is 8.25. The zero-order chi connectivity index (χ0) is 14.2. The van der Waals surface area contributed by atoms with Crippen LogP contribution in [0.4, 0.5) is 0 Å². The van der Waals surface area contributed by atoms with E-state index in [0.717, 1.165) is 25.2 Å². The number of hydrogen-bond acceptors (Lipinski definition) is 3. The Hall–Kier alpha value is -1.10. The van der Waals surface area contributed by atoms with Crippen molar-refractivity contribution in [3.05, 3.63) is 34.9 Å². The largest absolute Gasteiger partial charge is 0.301 e. The van der Waals surface area contributed by atoms with Crippen LogP contribution >= 0.6 is 11.6 Å². The van der Waals surface area contributed by atoms with Gasteiger partial charge in [-0.25, -0.2) is 5.48 Å². The van der Waals surface area contributed by atoms with Crippen molar-refractivity contribution in [3.8, 4) is 0 Å². The molecule has 2 rings (SSSR count). The molecule has 1 amide bonds. The number of nitrogens with zero attached hydrogens (tertiary/aromatic N) is 1. The molecule has 0 bridgehead atoms. The van der Waals surface area contributed by atoms with E-state index in [0.29, 0.717) is 18.1 Å². The molecule has 1 heterocycles. The van der Waals surface area contributed by atoms with E-state index in [-0.39, 0.29) is 5.91 Å². The van der Waals surface area contributed by atoms with Gasteiger partial charge in [0.25, 0.3) is 0 Å². The average molecular weight is 297 g/mol. The zero-order valence-corrected chi connectivity index (χ0v) is 12.4. The van der Waals surface area contributed by atoms with Gasteiger partial charge in [-0.15, -0.1) is 0 Å². The molecule has 1 fully saturated rings. The standard InChI is InChI=1S/C15H21ClN2O2/c16-14-6-4-13(5-7-14)12-15(19)17-20-11-10-18-8-2-1-3-9-18/h4-7H,1-3,8-12H2,(H,17,19). The van der Waals surface area contributed by atoms with Crippen molar-refractivity contribution >= 4 is 17.5 Å². The number of halogens is 1. The van der Waals surface area contributed by atoms with Crippen molar-refractivity contribution in [1.82, 2.24) is 10.4 Å². The van der Waals surface area contributed by atoms with Gasteiger partial charge in [0, 0.05) is 11.6 Å². The van der Waals surface area contributed by atoms with Crippen LogP contribution in [0.3, 0.4) is 0 Å². The molecule has 1 N–H and O–H groups in total. The Kier molecular flexibility index (Phi) is 6.30. The van der Waals surface area contributed by atoms with E-state index in [1.54, 1.807) is 12.1 Å². The smallest absolute Gasteiger partial charge is 0.247 e. The van der Waals surface area contributed by atoms with Gasteiger partial charge < -0.3 is 4.90 Å². The van der Waals surface area contributed by atoms with Gasteiger partial charge in [0.2, 0.25) is 5.91 Å². The number of amides is 1. The Morgan fingerprint density at radius 1 is 1.20 bits per heavy atom. The van der Waals surface area contributed by atoms with Gasteiger partial charge >= 0.3 is 0 Å². The molecule has 0 unspecified atom stereocenters. The number of hydroxylamine groups is 1. The fourth-order valence-electron chi connectivity index (χ4n) is 2.31. The van der Waals surface area contributed by atoms with Crippen LogP contribution in [0.5, 0.6) is 0 Å². The molecule has 5 heteroatoms. The Balaban J connectivity index is 1.59. The number of carbonyl (C=O) groups is 1. The third-order valence-electron chi connectivity index (χ3n) is 3.42. The van der Waals surface area contributed by atoms with Gasteiger partial charge in [0.15, 0.2) is 0 Å². The minimum Gasteiger partial charge on any atom is -0.301 e. The van der Waals surface area contributed by atoms with Crippen LogP contribution in [0.1, 0.15) is 24.8 Å². The molecule has 1 aromatic rings. The average Bonchev–Trinajstić information content (AvgIpc) is 2.47. The maximum Gasteiger partial charge on any atom is 0.247 e. The summed E-state index contributed by atoms with van der Waals surface area (Å²) in [5, 5.41) is 0.673. The lowest BCUT2D eigenvalue weighted by molar-refractivity contribution is -0.133. The molecule has 1 aromatic carbocycles. The number of piperidine rings is 1. The van der Waals surface area contributed by atoms with Gasteiger partial charge in [-0.2, -0.15) is 0 Å². The lowest BCUT2D eigenvalue weighted by atomic mass is 10.1. The molecular formula is C15H21ClN2O2. The van der Waals surface area contributed by atoms with Crippen LogP contribution in [0, 0.1) is 0 Å². The molecule has 20 heavy (non-hydrogen) atoms. The minimum absolute atomic E-state index is 0.133. The molecule has 1 saturated heterocycles. The number of likely N-dealkylation sites (tertiary alicyclic amines) is 1. The molecule has 0 radical (unpaired) electrons. The maximum atomic E-state index is 11.7. The number of nitrogens with one attached hydrogen (secondary N) is 1. The molecule has 0 aromatic heterocycles. The normalized spacial score (nSPS) is 16.1. The summed E-state index contributed by atoms with van der Waals surface area (Å²) >= 11 is 5.79. The van der Waals surface area contributed by atoms with E-state index in [2.05, 4.69) is 10.4 Å². The third kappa shape index (κ3) is 5.49. The first-order chi connectivity index (χ1) is 9.74. The van der Waals surface area contributed by atoms with E-state index in [4.69, 9.17) is 16.4 Å². The van der Waals surface area contributed by atoms with Gasteiger partial charge in [-0.1, -0.05) is 30.2 Å². The summed E-state index contributed by atoms with van der Waals surface area (Å²) in [6, 6.07) is 7.24. The van der Waals surface area contributed by atoms with Gasteiger partial charge in [0.1, 0.15) is 0 Å². The van der Waals surface area contributed by atoms with Crippen LogP contribution in [-0.2, 0) is 16.1 Å². The Bertz CT molecular complexity index is 416. The number of hydrogen-bond donors (Lipinski definition) is 1. The highest BCUT2D eigenvalue weighted by molar-refractivity contribution is 6.30. The second-order valence-electron chi connectivity index (χ2n) is 5.08. The highest BCUT2D eigenvalue weighted by Crippen LogP contribution is 2.10. The van der Waals surface area contributed by atoms with Crippen molar-refractivity contribution in [1.29, 1.82) is 0 Å². The zero-order valence-electron chi connectivity index (χ0n) is 11.6. The molecule has 0 saturated carbocycles. The highest BCUT2D eigenvalue weighted by Gasteiger charge is 2.09. The number of rotatable bonds is 6. The predicted octanol–water partition coefficient (Wildman–Crippen LogP) is 2.42. The van der Waals surface area contributed by atoms with Crippen molar-refractivity contribution < 1.29 is 9.63 Å². The number of benzene rings is 1. The maximum absolute atomic E-state index is 11.7. The van der Waals surface area contributed by atoms with E-state index in [1.165, 1.54) is 19.3 Å². The Labute approximate surface area is 125 Å². The lowest BCUT2D eigenvalue weighted by Gasteiger charge is -2.25. The fourth-order valence-corrected chi connectivity index (χ4v) is 2.44. The van der Waals surface area contributed by atoms with E-state index in [1.807, 2.05) is 12.1 Å². The second-order valence-corrected chi connectivity index (χ2v) is 5.52. The summed E-state index contributed by atoms with van der Waals surface area (Å²) in [5.41, 5.74) is 3.41. The van der Waals surface area contributed by atoms with Crippen LogP contribution in [0.2, 0.25) is 5.02 Å². The quantitative estimate of drug-likeness (QED) is 0.647. The molecule has 1 aliphatic rings. The molecule has 0 aliphatic carbocycles. The van der Waals surface area contributed by atoms with E-state index >= 15 is 0 Å². The van der Waals surface area contributed by atoms with Crippen molar-refractivity contribution in [2.75, 3.05) is 26.2 Å². The van der Waals surface area contributed by atoms with Gasteiger partial charge in [-0.3, -0.25) is 9.63 Å². The van der Waals surface area contributed by atoms with Crippen molar-refractivity contribution in [2.24, 2.45) is 0 Å². The fraction of sp³-hybridized carbons (Fsp3) is 0.533. The first-order valence-electron chi connectivity index (χ1n) is 7.11. The van der Waals surface area contributed by atoms with Crippen LogP contribution in [0.25, 0.3) is 0 Å². The molecule has 0 atom stereocenters. The Morgan fingerprint density at radius 3 is 2.60 bits per heavy atom. The summed E-state index contributed by atoms with van der Waals surface area (Å²) < 4.78 is 0. The van der Waals surface area contributed by atoms with Crippen LogP contribution in [0.15, 0.2) is 24.3 Å². The van der Waals surface area contributed by atoms with Gasteiger partial charge in [-0.05, 0) is 43.6 Å². The van der Waals surface area contributed by atoms with Crippen LogP contribution < -0.4 is 5.48 Å². The first kappa shape index (κ1) is 15.3. The molecule has 1 aliphatic heterocycles. The summed E-state index contributed by atoms with van der Waals surface area (Å²) in [5.74, 6) is -0.133. The summed E-state index contributed by atoms with van der Waals surface area (Å²) in [7, 11) is 0. The van der Waals surface area contributed by atoms with E-state index in [9.17, 15) is 4.79 Å². The topological polar surface area (TPSA) is 41.6 Å². The van der Waals surface area contributed by atoms with Crippen LogP contribution in [-0.4, -0.2) is 37.0 Å². The minimum atomic E-state index is -0.133. The molecular weight excluding hydrogens is 276 g/mol. The monoisotopic (exact) mass is 296 g/mol. The van der Waals surface area contributed by atoms with Crippen molar-refractivity contribution in [2.45, 2.75) is 25.7 Å². The van der Waals surface area contributed by atoms with Crippen molar-refractivity contribution in [3.63, 3.8) is 0 Å². The summed E-state index contributed by atoms with van der Waals surface area (Å²) in [6.45, 7) is 3.69. The molecule has 0 spiro atoms. The SMILES string of the molecule is O=C(Cc1ccc(Cl)cc1)NOCCN1CCCCC1. The van der Waals surface area contributed by atoms with Gasteiger partial charge in [0.05, 0.1) is 13.0 Å². The Morgan fingerprint density at radius 2 is 1.90 bits per heavy atom. The molecule has 4 nitrogen and oxygen atoms in total. The highest BCUT2D eigenvalue weighted by atomic mass is 35.5. The lowest BCUT2D eigenvalue weighted by Crippen LogP contribution is -2.35. The predicted molar refractivity (Wildman–Crippen MR) is 79.5 cm³/mol. The van der Waals surface area contributed by atoms with E-state index < -0.39 is 0 Å². The molecule has 110 valence electrons. The first-order valence-corrected chi connectivity index (χ1v) is 7.49. The summed E-state index contributed by atoms with van der Waals surface area (Å²) in [4.78, 5) is 19.3.